The van der Waals surface area contributed by atoms with E-state index in [1.54, 1.807) is 0 Å². The molecule has 0 bridgehead atoms. The fraction of sp³-hybridized carbons (Fsp3) is 0.519. The molecule has 0 spiro atoms. The Morgan fingerprint density at radius 1 is 1.06 bits per heavy atom. The molecule has 35 heavy (non-hydrogen) atoms. The number of aromatic nitrogens is 3. The number of carbonyl (C=O) groups is 1. The lowest BCUT2D eigenvalue weighted by Crippen LogP contribution is -2.54. The zero-order valence-corrected chi connectivity index (χ0v) is 20.0. The average molecular weight is 483 g/mol. The molecule has 1 saturated heterocycles. The quantitative estimate of drug-likeness (QED) is 0.431. The molecule has 5 nitrogen and oxygen atoms in total. The van der Waals surface area contributed by atoms with Crippen LogP contribution in [0, 0.1) is 11.8 Å². The van der Waals surface area contributed by atoms with Gasteiger partial charge >= 0.3 is 6.18 Å². The van der Waals surface area contributed by atoms with Crippen LogP contribution in [0.5, 0.6) is 0 Å². The monoisotopic (exact) mass is 482 g/mol. The first-order valence-corrected chi connectivity index (χ1v) is 12.6. The van der Waals surface area contributed by atoms with Crippen LogP contribution in [0.2, 0.25) is 0 Å². The van der Waals surface area contributed by atoms with Crippen LogP contribution in [0.25, 0.3) is 16.9 Å². The maximum atomic E-state index is 14.4. The molecule has 4 atom stereocenters. The van der Waals surface area contributed by atoms with Crippen molar-refractivity contribution >= 4 is 11.6 Å². The number of carbonyl (C=O) groups excluding carboxylic acids is 1. The number of hydrogen-bond acceptors (Lipinski definition) is 3. The van der Waals surface area contributed by atoms with E-state index in [-0.39, 0.29) is 41.3 Å². The smallest absolute Gasteiger partial charge is 0.331 e. The van der Waals surface area contributed by atoms with E-state index in [0.717, 1.165) is 47.7 Å². The number of hydrogen-bond donors (Lipinski definition) is 0. The van der Waals surface area contributed by atoms with Gasteiger partial charge in [-0.25, -0.2) is 9.50 Å². The summed E-state index contributed by atoms with van der Waals surface area (Å²) in [6, 6.07) is 9.07. The highest BCUT2D eigenvalue weighted by atomic mass is 19.4. The summed E-state index contributed by atoms with van der Waals surface area (Å²) in [6.07, 6.45) is 1.23. The van der Waals surface area contributed by atoms with Gasteiger partial charge in [0.25, 0.3) is 5.91 Å². The third-order valence-corrected chi connectivity index (χ3v) is 8.33. The van der Waals surface area contributed by atoms with Crippen molar-refractivity contribution in [2.75, 3.05) is 0 Å². The Balaban J connectivity index is 1.47. The number of likely N-dealkylation sites (tertiary alicyclic amines) is 1. The van der Waals surface area contributed by atoms with Crippen LogP contribution in [0.1, 0.15) is 73.3 Å². The summed E-state index contributed by atoms with van der Waals surface area (Å²) in [5, 5.41) is 4.25. The standard InChI is InChI=1S/C27H29F3N4O/c1-15-7-12-22-18(13-15)9-8-16(2)33(22)26(35)21-14-23-31-24-19-6-4-3-5-17(19)10-11-20(24)25(27(28,29)30)34(23)32-21/h3-6,14-16,18,22H,7-13H2,1-2H3/t15-,16+,18-,22-/m1/s1. The van der Waals surface area contributed by atoms with E-state index in [1.165, 1.54) is 6.07 Å². The van der Waals surface area contributed by atoms with Gasteiger partial charge in [0.15, 0.2) is 17.0 Å². The molecule has 2 aliphatic carbocycles. The number of benzene rings is 1. The van der Waals surface area contributed by atoms with Crippen LogP contribution < -0.4 is 0 Å². The SMILES string of the molecule is C[C@@H]1CC[C@@H]2[C@H](CC[C@H](C)N2C(=O)c2cc3nc4c(c(C(F)(F)F)n3n2)CCc2ccccc2-4)C1. The largest absolute Gasteiger partial charge is 0.433 e. The zero-order valence-electron chi connectivity index (χ0n) is 20.0. The van der Waals surface area contributed by atoms with Crippen molar-refractivity contribution in [3.05, 3.63) is 52.8 Å². The van der Waals surface area contributed by atoms with Crippen molar-refractivity contribution < 1.29 is 18.0 Å². The van der Waals surface area contributed by atoms with Crippen molar-refractivity contribution in [1.82, 2.24) is 19.5 Å². The number of rotatable bonds is 1. The minimum absolute atomic E-state index is 0.0390. The number of alkyl halides is 3. The van der Waals surface area contributed by atoms with E-state index in [1.807, 2.05) is 36.1 Å². The molecule has 1 amide bonds. The first-order valence-electron chi connectivity index (χ1n) is 12.6. The van der Waals surface area contributed by atoms with E-state index in [9.17, 15) is 18.0 Å². The molecule has 0 unspecified atom stereocenters. The van der Waals surface area contributed by atoms with E-state index < -0.39 is 11.9 Å². The fourth-order valence-electron chi connectivity index (χ4n) is 6.69. The molecule has 1 aromatic carbocycles. The van der Waals surface area contributed by atoms with Gasteiger partial charge in [0, 0.05) is 29.3 Å². The summed E-state index contributed by atoms with van der Waals surface area (Å²) in [4.78, 5) is 20.3. The molecule has 2 aromatic heterocycles. The van der Waals surface area contributed by atoms with Crippen LogP contribution in [0.4, 0.5) is 13.2 Å². The molecule has 8 heteroatoms. The summed E-state index contributed by atoms with van der Waals surface area (Å²) in [6.45, 7) is 4.30. The molecular weight excluding hydrogens is 453 g/mol. The summed E-state index contributed by atoms with van der Waals surface area (Å²) >= 11 is 0. The van der Waals surface area contributed by atoms with Crippen molar-refractivity contribution in [3.8, 4) is 11.3 Å². The number of fused-ring (bicyclic) bond motifs is 5. The maximum Gasteiger partial charge on any atom is 0.433 e. The molecule has 6 rings (SSSR count). The average Bonchev–Trinajstić information content (AvgIpc) is 3.25. The van der Waals surface area contributed by atoms with Gasteiger partial charge in [0.1, 0.15) is 0 Å². The van der Waals surface area contributed by atoms with Crippen LogP contribution >= 0.6 is 0 Å². The Bertz CT molecular complexity index is 1310. The first-order chi connectivity index (χ1) is 16.7. The summed E-state index contributed by atoms with van der Waals surface area (Å²) in [5.74, 6) is 0.812. The Morgan fingerprint density at radius 2 is 1.86 bits per heavy atom. The maximum absolute atomic E-state index is 14.4. The second kappa shape index (κ2) is 8.07. The fourth-order valence-corrected chi connectivity index (χ4v) is 6.69. The van der Waals surface area contributed by atoms with Crippen molar-refractivity contribution in [2.45, 2.75) is 77.1 Å². The highest BCUT2D eigenvalue weighted by Crippen LogP contribution is 2.42. The van der Waals surface area contributed by atoms with Gasteiger partial charge in [-0.1, -0.05) is 31.2 Å². The topological polar surface area (TPSA) is 50.5 Å². The Kier molecular flexibility index (Phi) is 5.20. The molecule has 0 N–H and O–H groups in total. The van der Waals surface area contributed by atoms with Crippen LogP contribution in [-0.4, -0.2) is 37.5 Å². The molecule has 2 fully saturated rings. The molecule has 1 saturated carbocycles. The van der Waals surface area contributed by atoms with E-state index in [2.05, 4.69) is 17.0 Å². The molecule has 3 aliphatic rings. The lowest BCUT2D eigenvalue weighted by Gasteiger charge is -2.48. The number of piperidine rings is 1. The highest BCUT2D eigenvalue weighted by Gasteiger charge is 2.43. The van der Waals surface area contributed by atoms with Gasteiger partial charge < -0.3 is 4.90 Å². The predicted molar refractivity (Wildman–Crippen MR) is 126 cm³/mol. The van der Waals surface area contributed by atoms with Gasteiger partial charge in [-0.15, -0.1) is 0 Å². The molecule has 0 radical (unpaired) electrons. The van der Waals surface area contributed by atoms with Crippen molar-refractivity contribution in [2.24, 2.45) is 11.8 Å². The number of halogens is 3. The van der Waals surface area contributed by atoms with E-state index in [0.29, 0.717) is 24.0 Å². The zero-order chi connectivity index (χ0) is 24.5. The highest BCUT2D eigenvalue weighted by molar-refractivity contribution is 5.94. The summed E-state index contributed by atoms with van der Waals surface area (Å²) in [5.41, 5.74) is 1.50. The summed E-state index contributed by atoms with van der Waals surface area (Å²) < 4.78 is 44.0. The Labute approximate surface area is 202 Å². The second-order valence-corrected chi connectivity index (χ2v) is 10.6. The van der Waals surface area contributed by atoms with Gasteiger partial charge in [0.05, 0.1) is 5.69 Å². The third-order valence-electron chi connectivity index (χ3n) is 8.33. The lowest BCUT2D eigenvalue weighted by atomic mass is 9.72. The van der Waals surface area contributed by atoms with Gasteiger partial charge in [-0.2, -0.15) is 18.3 Å². The Morgan fingerprint density at radius 3 is 2.66 bits per heavy atom. The van der Waals surface area contributed by atoms with Gasteiger partial charge in [-0.3, -0.25) is 4.79 Å². The minimum atomic E-state index is -4.62. The normalized spacial score (nSPS) is 26.3. The number of aryl methyl sites for hydroxylation is 1. The minimum Gasteiger partial charge on any atom is -0.331 e. The van der Waals surface area contributed by atoms with Crippen molar-refractivity contribution in [3.63, 3.8) is 0 Å². The number of nitrogens with zero attached hydrogens (tertiary/aromatic N) is 4. The van der Waals surface area contributed by atoms with Crippen LogP contribution in [-0.2, 0) is 19.0 Å². The molecule has 3 heterocycles. The third kappa shape index (κ3) is 3.64. The van der Waals surface area contributed by atoms with E-state index in [4.69, 9.17) is 0 Å². The predicted octanol–water partition coefficient (Wildman–Crippen LogP) is 5.94. The second-order valence-electron chi connectivity index (χ2n) is 10.6. The van der Waals surface area contributed by atoms with Gasteiger partial charge in [0.2, 0.25) is 0 Å². The van der Waals surface area contributed by atoms with Gasteiger partial charge in [-0.05, 0) is 69.3 Å². The molecule has 184 valence electrons. The van der Waals surface area contributed by atoms with Crippen molar-refractivity contribution in [1.29, 1.82) is 0 Å². The lowest BCUT2D eigenvalue weighted by molar-refractivity contribution is -0.143. The van der Waals surface area contributed by atoms with E-state index >= 15 is 0 Å². The van der Waals surface area contributed by atoms with Crippen LogP contribution in [0.3, 0.4) is 0 Å². The van der Waals surface area contributed by atoms with Crippen LogP contribution in [0.15, 0.2) is 30.3 Å². The molecular formula is C27H29F3N4O. The first kappa shape index (κ1) is 22.6. The Hall–Kier alpha value is -2.90. The summed E-state index contributed by atoms with van der Waals surface area (Å²) in [7, 11) is 0. The molecule has 1 aliphatic heterocycles. The number of amides is 1. The molecule has 3 aromatic rings.